The van der Waals surface area contributed by atoms with Gasteiger partial charge in [0.1, 0.15) is 18.0 Å². The van der Waals surface area contributed by atoms with Crippen LogP contribution in [-0.4, -0.2) is 49.3 Å². The van der Waals surface area contributed by atoms with E-state index in [1.807, 2.05) is 0 Å². The quantitative estimate of drug-likeness (QED) is 0.346. The van der Waals surface area contributed by atoms with E-state index in [0.717, 1.165) is 16.4 Å². The van der Waals surface area contributed by atoms with Gasteiger partial charge in [0.05, 0.1) is 49.6 Å². The zero-order valence-corrected chi connectivity index (χ0v) is 22.7. The molecule has 0 atom stereocenters. The number of alkyl halides is 3. The summed E-state index contributed by atoms with van der Waals surface area (Å²) >= 11 is 5.65. The number of rotatable bonds is 10. The second-order valence-corrected chi connectivity index (χ2v) is 10.1. The van der Waals surface area contributed by atoms with E-state index >= 15 is 0 Å². The second kappa shape index (κ2) is 11.9. The van der Waals surface area contributed by atoms with E-state index < -0.39 is 39.2 Å². The third-order valence-corrected chi connectivity index (χ3v) is 7.53. The summed E-state index contributed by atoms with van der Waals surface area (Å²) in [5, 5.41) is 1.74. The predicted molar refractivity (Wildman–Crippen MR) is 139 cm³/mol. The Kier molecular flexibility index (Phi) is 9.07. The number of amides is 1. The number of carbonyl (C=O) groups excluding carboxylic acids is 1. The van der Waals surface area contributed by atoms with Crippen molar-refractivity contribution in [3.8, 4) is 23.0 Å². The first-order chi connectivity index (χ1) is 18.3. The van der Waals surface area contributed by atoms with Crippen molar-refractivity contribution >= 4 is 38.9 Å². The summed E-state index contributed by atoms with van der Waals surface area (Å²) in [5.41, 5.74) is -1.46. The maximum Gasteiger partial charge on any atom is 0.417 e. The number of benzene rings is 3. The fraction of sp³-hybridized carbons (Fsp3) is 0.240. The highest BCUT2D eigenvalue weighted by atomic mass is 35.5. The number of hydrogen-bond donors (Lipinski definition) is 1. The molecular weight excluding hydrogens is 565 g/mol. The lowest BCUT2D eigenvalue weighted by Crippen LogP contribution is -2.38. The van der Waals surface area contributed by atoms with Crippen LogP contribution in [0.5, 0.6) is 23.0 Å². The van der Waals surface area contributed by atoms with Gasteiger partial charge in [-0.05, 0) is 42.5 Å². The molecule has 0 aliphatic heterocycles. The molecule has 0 saturated carbocycles. The molecule has 3 aromatic rings. The molecule has 0 spiro atoms. The lowest BCUT2D eigenvalue weighted by molar-refractivity contribution is -0.137. The summed E-state index contributed by atoms with van der Waals surface area (Å²) in [7, 11) is 0.880. The van der Waals surface area contributed by atoms with Gasteiger partial charge in [-0.1, -0.05) is 11.6 Å². The topological polar surface area (TPSA) is 103 Å². The molecular formula is C25H24ClF3N2O7S. The number of anilines is 2. The minimum absolute atomic E-state index is 0.0612. The average Bonchev–Trinajstić information content (AvgIpc) is 2.91. The van der Waals surface area contributed by atoms with Gasteiger partial charge in [-0.25, -0.2) is 8.42 Å². The molecule has 0 aromatic heterocycles. The zero-order chi connectivity index (χ0) is 29.0. The number of nitrogens with zero attached hydrogens (tertiary/aromatic N) is 1. The number of hydrogen-bond acceptors (Lipinski definition) is 7. The number of sulfonamides is 1. The van der Waals surface area contributed by atoms with Crippen LogP contribution in [0.15, 0.2) is 59.5 Å². The molecule has 3 aromatic carbocycles. The van der Waals surface area contributed by atoms with Gasteiger partial charge in [0.15, 0.2) is 11.5 Å². The van der Waals surface area contributed by atoms with Crippen LogP contribution in [-0.2, 0) is 21.0 Å². The van der Waals surface area contributed by atoms with Crippen LogP contribution in [0.2, 0.25) is 5.02 Å². The summed E-state index contributed by atoms with van der Waals surface area (Å²) in [5.74, 6) is -0.228. The van der Waals surface area contributed by atoms with Crippen molar-refractivity contribution in [3.63, 3.8) is 0 Å². The number of methoxy groups -OCH3 is 4. The molecule has 0 aliphatic carbocycles. The third kappa shape index (κ3) is 6.60. The summed E-state index contributed by atoms with van der Waals surface area (Å²) in [6.45, 7) is -0.843. The van der Waals surface area contributed by atoms with Crippen LogP contribution >= 0.6 is 11.6 Å². The Balaban J connectivity index is 2.09. The van der Waals surface area contributed by atoms with Gasteiger partial charge in [-0.3, -0.25) is 9.10 Å². The Labute approximate surface area is 228 Å². The van der Waals surface area contributed by atoms with Crippen molar-refractivity contribution in [1.29, 1.82) is 0 Å². The van der Waals surface area contributed by atoms with Crippen LogP contribution in [0.25, 0.3) is 0 Å². The summed E-state index contributed by atoms with van der Waals surface area (Å²) in [6.07, 6.45) is -4.77. The minimum Gasteiger partial charge on any atom is -0.497 e. The molecule has 9 nitrogen and oxygen atoms in total. The van der Waals surface area contributed by atoms with Gasteiger partial charge >= 0.3 is 6.18 Å². The first-order valence-electron chi connectivity index (χ1n) is 11.0. The number of halogens is 4. The molecule has 0 heterocycles. The fourth-order valence-electron chi connectivity index (χ4n) is 3.55. The average molecular weight is 589 g/mol. The molecule has 0 bridgehead atoms. The van der Waals surface area contributed by atoms with E-state index in [1.165, 1.54) is 64.8 Å². The van der Waals surface area contributed by atoms with Crippen molar-refractivity contribution in [1.82, 2.24) is 0 Å². The van der Waals surface area contributed by atoms with Gasteiger partial charge < -0.3 is 24.3 Å². The molecule has 39 heavy (non-hydrogen) atoms. The SMILES string of the molecule is COc1ccc(OC)c(N(CC(=O)Nc2ccc(Cl)c(C(F)(F)F)c2)S(=O)(=O)c2ccc(OC)c(OC)c2)c1. The van der Waals surface area contributed by atoms with Gasteiger partial charge in [0, 0.05) is 17.8 Å². The molecule has 0 fully saturated rings. The molecule has 0 radical (unpaired) electrons. The smallest absolute Gasteiger partial charge is 0.417 e. The normalized spacial score (nSPS) is 11.5. The minimum atomic E-state index is -4.77. The first kappa shape index (κ1) is 29.7. The van der Waals surface area contributed by atoms with Crippen LogP contribution in [0.4, 0.5) is 24.5 Å². The van der Waals surface area contributed by atoms with Gasteiger partial charge in [0.25, 0.3) is 10.0 Å². The molecule has 0 unspecified atom stereocenters. The van der Waals surface area contributed by atoms with E-state index in [2.05, 4.69) is 5.32 Å². The highest BCUT2D eigenvalue weighted by Crippen LogP contribution is 2.38. The van der Waals surface area contributed by atoms with Gasteiger partial charge in [-0.15, -0.1) is 0 Å². The molecule has 210 valence electrons. The maximum absolute atomic E-state index is 13.9. The van der Waals surface area contributed by atoms with Crippen molar-refractivity contribution in [2.75, 3.05) is 44.6 Å². The molecule has 0 aliphatic rings. The van der Waals surface area contributed by atoms with E-state index in [1.54, 1.807) is 0 Å². The van der Waals surface area contributed by atoms with Crippen LogP contribution in [0.1, 0.15) is 5.56 Å². The Morgan fingerprint density at radius 1 is 0.872 bits per heavy atom. The summed E-state index contributed by atoms with van der Waals surface area (Å²) < 4.78 is 89.3. The number of carbonyl (C=O) groups is 1. The number of ether oxygens (including phenoxy) is 4. The van der Waals surface area contributed by atoms with Crippen molar-refractivity contribution < 1.29 is 45.3 Å². The highest BCUT2D eigenvalue weighted by molar-refractivity contribution is 7.92. The highest BCUT2D eigenvalue weighted by Gasteiger charge is 2.34. The predicted octanol–water partition coefficient (Wildman–Crippen LogP) is 5.23. The second-order valence-electron chi connectivity index (χ2n) is 7.81. The van der Waals surface area contributed by atoms with E-state index in [0.29, 0.717) is 6.07 Å². The van der Waals surface area contributed by atoms with Crippen molar-refractivity contribution in [3.05, 3.63) is 65.2 Å². The van der Waals surface area contributed by atoms with E-state index in [4.69, 9.17) is 30.5 Å². The molecule has 1 N–H and O–H groups in total. The lowest BCUT2D eigenvalue weighted by atomic mass is 10.2. The lowest BCUT2D eigenvalue weighted by Gasteiger charge is -2.26. The third-order valence-electron chi connectivity index (χ3n) is 5.44. The fourth-order valence-corrected chi connectivity index (χ4v) is 5.21. The van der Waals surface area contributed by atoms with Crippen LogP contribution in [0, 0.1) is 0 Å². The largest absolute Gasteiger partial charge is 0.497 e. The molecule has 0 saturated heterocycles. The Bertz CT molecular complexity index is 1470. The maximum atomic E-state index is 13.9. The Morgan fingerprint density at radius 3 is 2.10 bits per heavy atom. The van der Waals surface area contributed by atoms with Crippen LogP contribution in [0.3, 0.4) is 0 Å². The summed E-state index contributed by atoms with van der Waals surface area (Å²) in [4.78, 5) is 12.8. The van der Waals surface area contributed by atoms with Crippen LogP contribution < -0.4 is 28.6 Å². The van der Waals surface area contributed by atoms with E-state index in [-0.39, 0.29) is 39.3 Å². The van der Waals surface area contributed by atoms with Gasteiger partial charge in [-0.2, -0.15) is 13.2 Å². The van der Waals surface area contributed by atoms with Crippen molar-refractivity contribution in [2.24, 2.45) is 0 Å². The van der Waals surface area contributed by atoms with Gasteiger partial charge in [0.2, 0.25) is 5.91 Å². The first-order valence-corrected chi connectivity index (χ1v) is 12.8. The van der Waals surface area contributed by atoms with Crippen molar-refractivity contribution in [2.45, 2.75) is 11.1 Å². The van der Waals surface area contributed by atoms with E-state index in [9.17, 15) is 26.4 Å². The number of nitrogens with one attached hydrogen (secondary N) is 1. The summed E-state index contributed by atoms with van der Waals surface area (Å²) in [6, 6.07) is 10.9. The Hall–Kier alpha value is -3.84. The Morgan fingerprint density at radius 2 is 1.51 bits per heavy atom. The molecule has 1 amide bonds. The molecule has 3 rings (SSSR count). The molecule has 14 heteroatoms. The zero-order valence-electron chi connectivity index (χ0n) is 21.1. The monoisotopic (exact) mass is 588 g/mol. The standard InChI is InChI=1S/C25H24ClF3N2O7S/c1-35-16-6-9-21(36-2)20(12-16)31(39(33,34)17-7-10-22(37-3)23(13-17)38-4)14-24(32)30-15-5-8-19(26)18(11-15)25(27,28)29/h5-13H,14H2,1-4H3,(H,30,32).